The minimum absolute atomic E-state index is 0.271. The van der Waals surface area contributed by atoms with Crippen LogP contribution in [-0.4, -0.2) is 5.97 Å². The number of carbonyl (C=O) groups is 1. The van der Waals surface area contributed by atoms with Gasteiger partial charge in [0.1, 0.15) is 6.61 Å². The van der Waals surface area contributed by atoms with Crippen LogP contribution in [0.25, 0.3) is 0 Å². The van der Waals surface area contributed by atoms with Crippen molar-refractivity contribution in [3.8, 4) is 0 Å². The minimum Gasteiger partial charge on any atom is -0.458 e. The van der Waals surface area contributed by atoms with Crippen LogP contribution >= 0.6 is 0 Å². The Balaban J connectivity index is 2.43. The number of hydrogen-bond acceptors (Lipinski definition) is 2. The van der Waals surface area contributed by atoms with Crippen LogP contribution in [0.4, 0.5) is 0 Å². The van der Waals surface area contributed by atoms with Crippen molar-refractivity contribution in [1.82, 2.24) is 0 Å². The molecular formula is C10H9O2. The van der Waals surface area contributed by atoms with Gasteiger partial charge in [0.05, 0.1) is 0 Å². The highest BCUT2D eigenvalue weighted by atomic mass is 16.5. The van der Waals surface area contributed by atoms with Crippen molar-refractivity contribution < 1.29 is 9.53 Å². The summed E-state index contributed by atoms with van der Waals surface area (Å²) < 4.78 is 4.76. The average Bonchev–Trinajstić information content (AvgIpc) is 2.16. The molecule has 1 radical (unpaired) electrons. The summed E-state index contributed by atoms with van der Waals surface area (Å²) in [5.41, 5.74) is 0.952. The standard InChI is InChI=1S/C10H9O2/c1-2-10(11)12-8-9-6-4-3-5-7-9/h1-7H,8H2. The summed E-state index contributed by atoms with van der Waals surface area (Å²) in [6.45, 7) is 5.21. The Labute approximate surface area is 71.5 Å². The van der Waals surface area contributed by atoms with Gasteiger partial charge in [-0.1, -0.05) is 36.9 Å². The second-order valence-electron chi connectivity index (χ2n) is 2.26. The molecule has 2 heteroatoms. The summed E-state index contributed by atoms with van der Waals surface area (Å²) in [7, 11) is 0. The SMILES string of the molecule is [CH]=CC(=O)OCc1ccccc1. The first kappa shape index (κ1) is 8.53. The first-order valence-electron chi connectivity index (χ1n) is 3.58. The lowest BCUT2D eigenvalue weighted by Crippen LogP contribution is -1.99. The lowest BCUT2D eigenvalue weighted by atomic mass is 10.2. The van der Waals surface area contributed by atoms with Gasteiger partial charge in [0.2, 0.25) is 0 Å². The molecule has 0 amide bonds. The fraction of sp³-hybridized carbons (Fsp3) is 0.100. The molecule has 12 heavy (non-hydrogen) atoms. The van der Waals surface area contributed by atoms with E-state index >= 15 is 0 Å². The number of hydrogen-bond donors (Lipinski definition) is 0. The third-order valence-corrected chi connectivity index (χ3v) is 1.36. The van der Waals surface area contributed by atoms with E-state index in [-0.39, 0.29) is 6.61 Å². The minimum atomic E-state index is -0.501. The monoisotopic (exact) mass is 161 g/mol. The highest BCUT2D eigenvalue weighted by Gasteiger charge is 1.95. The van der Waals surface area contributed by atoms with E-state index in [0.717, 1.165) is 11.6 Å². The van der Waals surface area contributed by atoms with Gasteiger partial charge < -0.3 is 4.74 Å². The highest BCUT2D eigenvalue weighted by molar-refractivity contribution is 5.80. The zero-order valence-corrected chi connectivity index (χ0v) is 6.57. The topological polar surface area (TPSA) is 26.3 Å². The maximum absolute atomic E-state index is 10.6. The quantitative estimate of drug-likeness (QED) is 0.498. The summed E-state index contributed by atoms with van der Waals surface area (Å²) in [4.78, 5) is 10.6. The van der Waals surface area contributed by atoms with Gasteiger partial charge in [-0.2, -0.15) is 0 Å². The van der Waals surface area contributed by atoms with Crippen molar-refractivity contribution >= 4 is 5.97 Å². The van der Waals surface area contributed by atoms with Crippen LogP contribution in [0.5, 0.6) is 0 Å². The number of benzene rings is 1. The zero-order chi connectivity index (χ0) is 8.81. The van der Waals surface area contributed by atoms with E-state index < -0.39 is 5.97 Å². The molecule has 0 saturated heterocycles. The molecule has 0 unspecified atom stereocenters. The van der Waals surface area contributed by atoms with Gasteiger partial charge in [0.25, 0.3) is 0 Å². The van der Waals surface area contributed by atoms with Gasteiger partial charge in [0.15, 0.2) is 0 Å². The van der Waals surface area contributed by atoms with Gasteiger partial charge in [-0.15, -0.1) is 0 Å². The lowest BCUT2D eigenvalue weighted by molar-refractivity contribution is -0.139. The maximum atomic E-state index is 10.6. The fourth-order valence-corrected chi connectivity index (χ4v) is 0.777. The van der Waals surface area contributed by atoms with Gasteiger partial charge >= 0.3 is 5.97 Å². The van der Waals surface area contributed by atoms with Gasteiger partial charge in [-0.25, -0.2) is 4.79 Å². The lowest BCUT2D eigenvalue weighted by Gasteiger charge is -2.00. The Morgan fingerprint density at radius 2 is 2.08 bits per heavy atom. The molecule has 0 aliphatic heterocycles. The Kier molecular flexibility index (Phi) is 3.08. The number of carbonyl (C=O) groups excluding carboxylic acids is 1. The van der Waals surface area contributed by atoms with Crippen molar-refractivity contribution in [2.45, 2.75) is 6.61 Å². The van der Waals surface area contributed by atoms with Crippen LogP contribution in [0.15, 0.2) is 36.4 Å². The van der Waals surface area contributed by atoms with Crippen LogP contribution in [0.3, 0.4) is 0 Å². The van der Waals surface area contributed by atoms with Crippen LogP contribution in [0.2, 0.25) is 0 Å². The Morgan fingerprint density at radius 3 is 2.67 bits per heavy atom. The maximum Gasteiger partial charge on any atom is 0.331 e. The second-order valence-corrected chi connectivity index (χ2v) is 2.26. The molecule has 1 aromatic carbocycles. The molecule has 61 valence electrons. The second kappa shape index (κ2) is 4.34. The van der Waals surface area contributed by atoms with Crippen LogP contribution < -0.4 is 0 Å². The van der Waals surface area contributed by atoms with Gasteiger partial charge in [-0.05, 0) is 5.56 Å². The predicted octanol–water partition coefficient (Wildman–Crippen LogP) is 1.72. The molecule has 0 atom stereocenters. The molecule has 0 aliphatic carbocycles. The molecular weight excluding hydrogens is 152 g/mol. The van der Waals surface area contributed by atoms with Crippen molar-refractivity contribution in [1.29, 1.82) is 0 Å². The molecule has 0 bridgehead atoms. The molecule has 0 fully saturated rings. The highest BCUT2D eigenvalue weighted by Crippen LogP contribution is 2.00. The van der Waals surface area contributed by atoms with Crippen LogP contribution in [0, 0.1) is 6.58 Å². The van der Waals surface area contributed by atoms with E-state index in [1.165, 1.54) is 0 Å². The molecule has 1 aromatic rings. The smallest absolute Gasteiger partial charge is 0.331 e. The summed E-state index contributed by atoms with van der Waals surface area (Å²) >= 11 is 0. The summed E-state index contributed by atoms with van der Waals surface area (Å²) in [6, 6.07) is 9.43. The molecule has 0 heterocycles. The van der Waals surface area contributed by atoms with E-state index in [9.17, 15) is 4.79 Å². The summed E-state index contributed by atoms with van der Waals surface area (Å²) in [5, 5.41) is 0. The number of esters is 1. The van der Waals surface area contributed by atoms with E-state index in [0.29, 0.717) is 0 Å². The Hall–Kier alpha value is -1.57. The predicted molar refractivity (Wildman–Crippen MR) is 45.1 cm³/mol. The van der Waals surface area contributed by atoms with Crippen LogP contribution in [-0.2, 0) is 16.1 Å². The molecule has 0 saturated carbocycles. The van der Waals surface area contributed by atoms with Crippen molar-refractivity contribution in [3.63, 3.8) is 0 Å². The normalized spacial score (nSPS) is 9.00. The van der Waals surface area contributed by atoms with E-state index in [2.05, 4.69) is 0 Å². The van der Waals surface area contributed by atoms with E-state index in [1.807, 2.05) is 30.3 Å². The Morgan fingerprint density at radius 1 is 1.42 bits per heavy atom. The molecule has 0 N–H and O–H groups in total. The average molecular weight is 161 g/mol. The molecule has 0 aliphatic rings. The third kappa shape index (κ3) is 2.58. The number of rotatable bonds is 3. The van der Waals surface area contributed by atoms with Crippen molar-refractivity contribution in [3.05, 3.63) is 48.6 Å². The fourth-order valence-electron chi connectivity index (χ4n) is 0.777. The Bertz CT molecular complexity index is 264. The van der Waals surface area contributed by atoms with E-state index in [4.69, 9.17) is 11.3 Å². The third-order valence-electron chi connectivity index (χ3n) is 1.36. The molecule has 0 aromatic heterocycles. The zero-order valence-electron chi connectivity index (χ0n) is 6.57. The first-order valence-corrected chi connectivity index (χ1v) is 3.58. The van der Waals surface area contributed by atoms with Crippen molar-refractivity contribution in [2.24, 2.45) is 0 Å². The summed E-state index contributed by atoms with van der Waals surface area (Å²) in [5.74, 6) is -0.501. The van der Waals surface area contributed by atoms with E-state index in [1.54, 1.807) is 0 Å². The van der Waals surface area contributed by atoms with Crippen molar-refractivity contribution in [2.75, 3.05) is 0 Å². The largest absolute Gasteiger partial charge is 0.458 e. The molecule has 1 rings (SSSR count). The van der Waals surface area contributed by atoms with Gasteiger partial charge in [0, 0.05) is 6.08 Å². The summed E-state index contributed by atoms with van der Waals surface area (Å²) in [6.07, 6.45) is 0.906. The van der Waals surface area contributed by atoms with Gasteiger partial charge in [-0.3, -0.25) is 0 Å². The number of ether oxygens (including phenoxy) is 1. The van der Waals surface area contributed by atoms with Crippen LogP contribution in [0.1, 0.15) is 5.56 Å². The molecule has 2 nitrogen and oxygen atoms in total. The first-order chi connectivity index (χ1) is 5.83. The molecule has 0 spiro atoms.